The Kier molecular flexibility index (Phi) is 5.38. The molecule has 1 fully saturated rings. The molecule has 0 aromatic heterocycles. The van der Waals surface area contributed by atoms with E-state index in [0.717, 1.165) is 6.42 Å². The van der Waals surface area contributed by atoms with Crippen LogP contribution < -0.4 is 5.32 Å². The van der Waals surface area contributed by atoms with E-state index in [2.05, 4.69) is 11.6 Å². The molecule has 3 heteroatoms. The molecule has 1 amide bonds. The summed E-state index contributed by atoms with van der Waals surface area (Å²) in [7, 11) is 0. The van der Waals surface area contributed by atoms with Crippen LogP contribution in [0.2, 0.25) is 0 Å². The van der Waals surface area contributed by atoms with Crippen molar-refractivity contribution in [3.05, 3.63) is 0 Å². The summed E-state index contributed by atoms with van der Waals surface area (Å²) in [6.45, 7) is 1.62. The van der Waals surface area contributed by atoms with E-state index in [-0.39, 0.29) is 5.91 Å². The van der Waals surface area contributed by atoms with E-state index in [1.54, 1.807) is 6.92 Å². The summed E-state index contributed by atoms with van der Waals surface area (Å²) in [5.41, 5.74) is 0. The molecule has 14 heavy (non-hydrogen) atoms. The third kappa shape index (κ3) is 3.91. The zero-order chi connectivity index (χ0) is 10.4. The smallest absolute Gasteiger partial charge is 0.217 e. The van der Waals surface area contributed by atoms with E-state index in [9.17, 15) is 4.79 Å². The topological polar surface area (TPSA) is 29.1 Å². The minimum atomic E-state index is 0.120. The molecule has 0 aliphatic heterocycles. The van der Waals surface area contributed by atoms with Crippen LogP contribution >= 0.6 is 11.8 Å². The van der Waals surface area contributed by atoms with Crippen molar-refractivity contribution in [1.82, 2.24) is 5.32 Å². The summed E-state index contributed by atoms with van der Waals surface area (Å²) < 4.78 is 0. The van der Waals surface area contributed by atoms with E-state index in [4.69, 9.17) is 0 Å². The normalized spacial score (nSPS) is 29.0. The standard InChI is InChI=1S/C11H21NOS/c1-9(13)12-10-7-5-3-4-6-8-11(10)14-2/h10-11H,3-8H2,1-2H3,(H,12,13). The second-order valence-electron chi connectivity index (χ2n) is 4.07. The van der Waals surface area contributed by atoms with Gasteiger partial charge in [-0.2, -0.15) is 11.8 Å². The maximum Gasteiger partial charge on any atom is 0.217 e. The molecule has 0 heterocycles. The highest BCUT2D eigenvalue weighted by atomic mass is 32.2. The minimum absolute atomic E-state index is 0.120. The summed E-state index contributed by atoms with van der Waals surface area (Å²) in [5.74, 6) is 0.120. The fraction of sp³-hybridized carbons (Fsp3) is 0.909. The maximum atomic E-state index is 11.1. The highest BCUT2D eigenvalue weighted by molar-refractivity contribution is 7.99. The monoisotopic (exact) mass is 215 g/mol. The number of amides is 1. The lowest BCUT2D eigenvalue weighted by molar-refractivity contribution is -0.119. The lowest BCUT2D eigenvalue weighted by Crippen LogP contribution is -2.41. The molecular weight excluding hydrogens is 194 g/mol. The zero-order valence-electron chi connectivity index (χ0n) is 9.21. The number of hydrogen-bond donors (Lipinski definition) is 1. The molecule has 0 aromatic carbocycles. The van der Waals surface area contributed by atoms with Crippen LogP contribution in [0.1, 0.15) is 45.4 Å². The van der Waals surface area contributed by atoms with Crippen molar-refractivity contribution < 1.29 is 4.79 Å². The Morgan fingerprint density at radius 2 is 1.86 bits per heavy atom. The van der Waals surface area contributed by atoms with Gasteiger partial charge >= 0.3 is 0 Å². The van der Waals surface area contributed by atoms with Crippen LogP contribution in [0.25, 0.3) is 0 Å². The summed E-state index contributed by atoms with van der Waals surface area (Å²) in [4.78, 5) is 11.1. The van der Waals surface area contributed by atoms with Gasteiger partial charge in [0, 0.05) is 18.2 Å². The molecule has 0 spiro atoms. The van der Waals surface area contributed by atoms with Crippen molar-refractivity contribution in [1.29, 1.82) is 0 Å². The number of thioether (sulfide) groups is 1. The zero-order valence-corrected chi connectivity index (χ0v) is 10.0. The van der Waals surface area contributed by atoms with Gasteiger partial charge in [0.25, 0.3) is 0 Å². The van der Waals surface area contributed by atoms with Gasteiger partial charge < -0.3 is 5.32 Å². The predicted molar refractivity (Wildman–Crippen MR) is 62.6 cm³/mol. The molecule has 2 nitrogen and oxygen atoms in total. The van der Waals surface area contributed by atoms with Crippen LogP contribution in [-0.2, 0) is 4.79 Å². The van der Waals surface area contributed by atoms with Gasteiger partial charge in [-0.1, -0.05) is 25.7 Å². The fourth-order valence-corrected chi connectivity index (χ4v) is 3.09. The van der Waals surface area contributed by atoms with E-state index in [0.29, 0.717) is 11.3 Å². The molecule has 2 unspecified atom stereocenters. The summed E-state index contributed by atoms with van der Waals surface area (Å²) in [5, 5.41) is 3.72. The van der Waals surface area contributed by atoms with E-state index < -0.39 is 0 Å². The first-order valence-corrected chi connectivity index (χ1v) is 6.82. The van der Waals surface area contributed by atoms with Crippen molar-refractivity contribution >= 4 is 17.7 Å². The first kappa shape index (κ1) is 11.9. The van der Waals surface area contributed by atoms with Crippen molar-refractivity contribution in [3.63, 3.8) is 0 Å². The van der Waals surface area contributed by atoms with E-state index in [1.165, 1.54) is 32.1 Å². The molecule has 1 aliphatic rings. The molecule has 1 rings (SSSR count). The van der Waals surface area contributed by atoms with Crippen molar-refractivity contribution in [2.24, 2.45) is 0 Å². The number of hydrogen-bond acceptors (Lipinski definition) is 2. The second-order valence-corrected chi connectivity index (χ2v) is 5.15. The first-order chi connectivity index (χ1) is 6.74. The largest absolute Gasteiger partial charge is 0.353 e. The third-order valence-electron chi connectivity index (χ3n) is 2.89. The summed E-state index contributed by atoms with van der Waals surface area (Å²) >= 11 is 1.90. The molecule has 0 saturated heterocycles. The third-order valence-corrected chi connectivity index (χ3v) is 4.06. The number of nitrogens with one attached hydrogen (secondary N) is 1. The Balaban J connectivity index is 2.49. The van der Waals surface area contributed by atoms with Gasteiger partial charge in [-0.15, -0.1) is 0 Å². The molecule has 1 N–H and O–H groups in total. The number of rotatable bonds is 2. The fourth-order valence-electron chi connectivity index (χ4n) is 2.16. The van der Waals surface area contributed by atoms with Crippen molar-refractivity contribution in [2.45, 2.75) is 56.7 Å². The molecule has 1 saturated carbocycles. The summed E-state index contributed by atoms with van der Waals surface area (Å²) in [6.07, 6.45) is 9.85. The quantitative estimate of drug-likeness (QED) is 0.767. The Bertz CT molecular complexity index is 184. The van der Waals surface area contributed by atoms with Gasteiger partial charge in [0.1, 0.15) is 0 Å². The van der Waals surface area contributed by atoms with Crippen LogP contribution in [0.15, 0.2) is 0 Å². The van der Waals surface area contributed by atoms with Gasteiger partial charge in [-0.3, -0.25) is 4.79 Å². The average Bonchev–Trinajstić information content (AvgIpc) is 2.10. The van der Waals surface area contributed by atoms with Crippen LogP contribution in [0.4, 0.5) is 0 Å². The van der Waals surface area contributed by atoms with Gasteiger partial charge in [0.05, 0.1) is 0 Å². The second kappa shape index (κ2) is 6.33. The number of carbonyl (C=O) groups excluding carboxylic acids is 1. The van der Waals surface area contributed by atoms with Gasteiger partial charge in [-0.05, 0) is 19.1 Å². The van der Waals surface area contributed by atoms with Gasteiger partial charge in [0.15, 0.2) is 0 Å². The number of carbonyl (C=O) groups is 1. The van der Waals surface area contributed by atoms with Crippen LogP contribution in [0, 0.1) is 0 Å². The SMILES string of the molecule is CSC1CCCCCCC1NC(C)=O. The molecule has 0 bridgehead atoms. The minimum Gasteiger partial charge on any atom is -0.353 e. The Hall–Kier alpha value is -0.180. The molecular formula is C11H21NOS. The highest BCUT2D eigenvalue weighted by Gasteiger charge is 2.22. The maximum absolute atomic E-state index is 11.1. The Morgan fingerprint density at radius 1 is 1.21 bits per heavy atom. The molecule has 2 atom stereocenters. The van der Waals surface area contributed by atoms with Crippen LogP contribution in [0.3, 0.4) is 0 Å². The predicted octanol–water partition coefficient (Wildman–Crippen LogP) is 2.58. The van der Waals surface area contributed by atoms with Crippen LogP contribution in [0.5, 0.6) is 0 Å². The Morgan fingerprint density at radius 3 is 2.43 bits per heavy atom. The molecule has 0 aromatic rings. The lowest BCUT2D eigenvalue weighted by Gasteiger charge is -2.28. The van der Waals surface area contributed by atoms with Crippen molar-refractivity contribution in [2.75, 3.05) is 6.26 Å². The first-order valence-electron chi connectivity index (χ1n) is 5.54. The molecule has 82 valence electrons. The highest BCUT2D eigenvalue weighted by Crippen LogP contribution is 2.25. The van der Waals surface area contributed by atoms with E-state index >= 15 is 0 Å². The van der Waals surface area contributed by atoms with Crippen molar-refractivity contribution in [3.8, 4) is 0 Å². The molecule has 0 radical (unpaired) electrons. The molecule has 1 aliphatic carbocycles. The lowest BCUT2D eigenvalue weighted by atomic mass is 9.96. The average molecular weight is 215 g/mol. The Labute approximate surface area is 91.2 Å². The van der Waals surface area contributed by atoms with E-state index in [1.807, 2.05) is 11.8 Å². The summed E-state index contributed by atoms with van der Waals surface area (Å²) in [6, 6.07) is 0.405. The van der Waals surface area contributed by atoms with Crippen LogP contribution in [-0.4, -0.2) is 23.5 Å². The van der Waals surface area contributed by atoms with Gasteiger partial charge in [-0.25, -0.2) is 0 Å². The van der Waals surface area contributed by atoms with Gasteiger partial charge in [0.2, 0.25) is 5.91 Å².